The van der Waals surface area contributed by atoms with Crippen molar-refractivity contribution in [3.8, 4) is 11.8 Å². The van der Waals surface area contributed by atoms with Crippen molar-refractivity contribution >= 4 is 29.2 Å². The van der Waals surface area contributed by atoms with Crippen LogP contribution in [0, 0.1) is 18.3 Å². The van der Waals surface area contributed by atoms with Gasteiger partial charge in [-0.1, -0.05) is 11.6 Å². The highest BCUT2D eigenvalue weighted by Gasteiger charge is 2.24. The van der Waals surface area contributed by atoms with Gasteiger partial charge in [-0.15, -0.1) is 0 Å². The number of hydrogen-bond acceptors (Lipinski definition) is 6. The molecule has 1 aliphatic rings. The minimum absolute atomic E-state index is 0.189. The van der Waals surface area contributed by atoms with Crippen LogP contribution in [-0.2, 0) is 0 Å². The number of aliphatic hydroxyl groups is 1. The zero-order chi connectivity index (χ0) is 18.8. The third kappa shape index (κ3) is 3.45. The number of methoxy groups -OCH3 is 1. The van der Waals surface area contributed by atoms with E-state index in [1.54, 1.807) is 38.3 Å². The Labute approximate surface area is 157 Å². The first-order valence-electron chi connectivity index (χ1n) is 8.11. The number of aryl methyl sites for hydroxylation is 1. The summed E-state index contributed by atoms with van der Waals surface area (Å²) in [5, 5.41) is 26.3. The highest BCUT2D eigenvalue weighted by Crippen LogP contribution is 2.36. The van der Waals surface area contributed by atoms with E-state index in [-0.39, 0.29) is 6.04 Å². The number of ether oxygens (including phenoxy) is 1. The Balaban J connectivity index is 1.87. The number of hydrogen-bond donors (Lipinski definition) is 3. The number of nitriles is 1. The molecular formula is C19H19ClN4O2. The molecule has 2 aromatic rings. The van der Waals surface area contributed by atoms with Crippen molar-refractivity contribution in [2.45, 2.75) is 26.1 Å². The molecule has 134 valence electrons. The van der Waals surface area contributed by atoms with E-state index in [1.165, 1.54) is 0 Å². The molecule has 3 rings (SSSR count). The maximum Gasteiger partial charge on any atom is 0.149 e. The summed E-state index contributed by atoms with van der Waals surface area (Å²) < 4.78 is 5.21. The number of anilines is 2. The molecule has 2 unspecified atom stereocenters. The summed E-state index contributed by atoms with van der Waals surface area (Å²) in [7, 11) is 1.55. The lowest BCUT2D eigenvalue weighted by atomic mass is 9.98. The normalized spacial score (nSPS) is 16.6. The number of aromatic nitrogens is 1. The maximum absolute atomic E-state index is 10.5. The topological polar surface area (TPSA) is 90.2 Å². The first-order chi connectivity index (χ1) is 12.4. The van der Waals surface area contributed by atoms with Gasteiger partial charge in [-0.2, -0.15) is 5.26 Å². The van der Waals surface area contributed by atoms with Gasteiger partial charge in [0.2, 0.25) is 0 Å². The highest BCUT2D eigenvalue weighted by atomic mass is 35.5. The fourth-order valence-corrected chi connectivity index (χ4v) is 3.13. The summed E-state index contributed by atoms with van der Waals surface area (Å²) in [6.07, 6.45) is 1.05. The van der Waals surface area contributed by atoms with Crippen molar-refractivity contribution < 1.29 is 9.84 Å². The summed E-state index contributed by atoms with van der Waals surface area (Å²) in [5.74, 6) is 1.19. The third-order valence-electron chi connectivity index (χ3n) is 4.32. The number of nitrogens with one attached hydrogen (secondary N) is 2. The van der Waals surface area contributed by atoms with E-state index >= 15 is 0 Å². The quantitative estimate of drug-likeness (QED) is 0.762. The predicted molar refractivity (Wildman–Crippen MR) is 102 cm³/mol. The van der Waals surface area contributed by atoms with Gasteiger partial charge in [0.05, 0.1) is 29.4 Å². The molecule has 7 heteroatoms. The molecule has 2 atom stereocenters. The van der Waals surface area contributed by atoms with Crippen molar-refractivity contribution in [2.75, 3.05) is 17.7 Å². The molecule has 2 heterocycles. The Morgan fingerprint density at radius 2 is 2.19 bits per heavy atom. The van der Waals surface area contributed by atoms with Gasteiger partial charge in [-0.3, -0.25) is 0 Å². The first kappa shape index (κ1) is 18.1. The molecule has 0 amide bonds. The Hall–Kier alpha value is -2.75. The second-order valence-corrected chi connectivity index (χ2v) is 6.48. The molecule has 1 aromatic heterocycles. The van der Waals surface area contributed by atoms with Crippen LogP contribution in [-0.4, -0.2) is 29.5 Å². The lowest BCUT2D eigenvalue weighted by molar-refractivity contribution is 0.234. The standard InChI is InChI=1S/C19H19ClN4O2/c1-10-12(9-21)4-5-18(22-10)23-11(2)14-6-13-7-15(20)17(26-3)8-16(13)24-19(14)25/h4-8,11,19,24-25H,1-3H3,(H,22,23). The Bertz CT molecular complexity index is 920. The molecular weight excluding hydrogens is 352 g/mol. The van der Waals surface area contributed by atoms with Crippen LogP contribution in [0.15, 0.2) is 29.8 Å². The van der Waals surface area contributed by atoms with Crippen LogP contribution in [0.3, 0.4) is 0 Å². The van der Waals surface area contributed by atoms with Gasteiger partial charge in [0.1, 0.15) is 23.9 Å². The zero-order valence-electron chi connectivity index (χ0n) is 14.7. The first-order valence-corrected chi connectivity index (χ1v) is 8.48. The van der Waals surface area contributed by atoms with Gasteiger partial charge in [-0.05, 0) is 43.7 Å². The number of aliphatic hydroxyl groups excluding tert-OH is 1. The van der Waals surface area contributed by atoms with E-state index in [1.807, 2.05) is 13.0 Å². The number of pyridine rings is 1. The Morgan fingerprint density at radius 1 is 1.42 bits per heavy atom. The zero-order valence-corrected chi connectivity index (χ0v) is 15.4. The molecule has 1 aliphatic heterocycles. The van der Waals surface area contributed by atoms with Crippen molar-refractivity contribution in [3.05, 3.63) is 51.7 Å². The molecule has 0 bridgehead atoms. The molecule has 0 saturated heterocycles. The van der Waals surface area contributed by atoms with Gasteiger partial charge < -0.3 is 20.5 Å². The minimum Gasteiger partial charge on any atom is -0.495 e. The van der Waals surface area contributed by atoms with Crippen LogP contribution >= 0.6 is 11.6 Å². The molecule has 26 heavy (non-hydrogen) atoms. The number of rotatable bonds is 4. The molecule has 0 aliphatic carbocycles. The number of nitrogens with zero attached hydrogens (tertiary/aromatic N) is 2. The molecule has 0 saturated carbocycles. The summed E-state index contributed by atoms with van der Waals surface area (Å²) in [4.78, 5) is 4.38. The summed E-state index contributed by atoms with van der Waals surface area (Å²) in [6, 6.07) is 8.94. The Morgan fingerprint density at radius 3 is 2.85 bits per heavy atom. The van der Waals surface area contributed by atoms with Crippen molar-refractivity contribution in [2.24, 2.45) is 0 Å². The molecule has 6 nitrogen and oxygen atoms in total. The number of halogens is 1. The van der Waals surface area contributed by atoms with Crippen molar-refractivity contribution in [1.82, 2.24) is 4.98 Å². The number of fused-ring (bicyclic) bond motifs is 1. The highest BCUT2D eigenvalue weighted by molar-refractivity contribution is 6.32. The van der Waals surface area contributed by atoms with E-state index in [2.05, 4.69) is 21.7 Å². The maximum atomic E-state index is 10.5. The van der Waals surface area contributed by atoms with Crippen LogP contribution in [0.1, 0.15) is 23.7 Å². The summed E-state index contributed by atoms with van der Waals surface area (Å²) in [5.41, 5.74) is 3.57. The van der Waals surface area contributed by atoms with Crippen molar-refractivity contribution in [1.29, 1.82) is 5.26 Å². The summed E-state index contributed by atoms with van der Waals surface area (Å²) >= 11 is 6.20. The van der Waals surface area contributed by atoms with E-state index in [9.17, 15) is 5.11 Å². The van der Waals surface area contributed by atoms with Crippen molar-refractivity contribution in [3.63, 3.8) is 0 Å². The second-order valence-electron chi connectivity index (χ2n) is 6.07. The average molecular weight is 371 g/mol. The molecule has 0 spiro atoms. The molecule has 3 N–H and O–H groups in total. The minimum atomic E-state index is -0.852. The predicted octanol–water partition coefficient (Wildman–Crippen LogP) is 3.55. The van der Waals surface area contributed by atoms with E-state index in [0.717, 1.165) is 16.8 Å². The second kappa shape index (κ2) is 7.24. The molecule has 1 aromatic carbocycles. The SMILES string of the molecule is COc1cc2c(cc1Cl)C=C(C(C)Nc1ccc(C#N)c(C)n1)C(O)N2. The van der Waals surface area contributed by atoms with Gasteiger partial charge in [0.25, 0.3) is 0 Å². The third-order valence-corrected chi connectivity index (χ3v) is 4.62. The van der Waals surface area contributed by atoms with Crippen LogP contribution < -0.4 is 15.4 Å². The smallest absolute Gasteiger partial charge is 0.149 e. The monoisotopic (exact) mass is 370 g/mol. The fraction of sp³-hybridized carbons (Fsp3) is 0.263. The lowest BCUT2D eigenvalue weighted by Crippen LogP contribution is -2.33. The molecule has 0 fully saturated rings. The molecule has 0 radical (unpaired) electrons. The summed E-state index contributed by atoms with van der Waals surface area (Å²) in [6.45, 7) is 3.72. The van der Waals surface area contributed by atoms with Gasteiger partial charge >= 0.3 is 0 Å². The largest absolute Gasteiger partial charge is 0.495 e. The number of benzene rings is 1. The van der Waals surface area contributed by atoms with E-state index in [0.29, 0.717) is 27.8 Å². The van der Waals surface area contributed by atoms with Gasteiger partial charge in [-0.25, -0.2) is 4.98 Å². The Kier molecular flexibility index (Phi) is 5.03. The van der Waals surface area contributed by atoms with Gasteiger partial charge in [0, 0.05) is 17.3 Å². The van der Waals surface area contributed by atoms with Crippen LogP contribution in [0.2, 0.25) is 5.02 Å². The van der Waals surface area contributed by atoms with Crippen LogP contribution in [0.25, 0.3) is 6.08 Å². The average Bonchev–Trinajstić information content (AvgIpc) is 2.61. The fourth-order valence-electron chi connectivity index (χ4n) is 2.89. The van der Waals surface area contributed by atoms with Crippen LogP contribution in [0.4, 0.5) is 11.5 Å². The van der Waals surface area contributed by atoms with Crippen LogP contribution in [0.5, 0.6) is 5.75 Å². The lowest BCUT2D eigenvalue weighted by Gasteiger charge is -2.29. The van der Waals surface area contributed by atoms with E-state index in [4.69, 9.17) is 21.6 Å². The van der Waals surface area contributed by atoms with Gasteiger partial charge in [0.15, 0.2) is 0 Å². The van der Waals surface area contributed by atoms with E-state index < -0.39 is 6.23 Å².